The predicted molar refractivity (Wildman–Crippen MR) is 88.2 cm³/mol. The highest BCUT2D eigenvalue weighted by Crippen LogP contribution is 2.29. The maximum absolute atomic E-state index is 12.6. The minimum absolute atomic E-state index is 0.0894. The molecule has 1 aromatic heterocycles. The molecule has 2 N–H and O–H groups in total. The summed E-state index contributed by atoms with van der Waals surface area (Å²) < 4.78 is 28.1. The molecule has 1 saturated carbocycles. The first-order chi connectivity index (χ1) is 9.79. The Labute approximate surface area is 132 Å². The van der Waals surface area contributed by atoms with E-state index in [4.69, 9.17) is 0 Å². The standard InChI is InChI=1S/C15H26N2O2S2/c1-10(2)16-9-13-8-15(12(4)20-13)21(18,19)17-14-7-5-6-11(14)3/h8,10-11,14,16-17H,5-7,9H2,1-4H3. The lowest BCUT2D eigenvalue weighted by molar-refractivity contribution is 0.476. The van der Waals surface area contributed by atoms with Crippen molar-refractivity contribution in [1.82, 2.24) is 10.0 Å². The quantitative estimate of drug-likeness (QED) is 0.843. The summed E-state index contributed by atoms with van der Waals surface area (Å²) in [5.41, 5.74) is 0. The van der Waals surface area contributed by atoms with Crippen LogP contribution in [0.3, 0.4) is 0 Å². The van der Waals surface area contributed by atoms with Crippen LogP contribution in [-0.2, 0) is 16.6 Å². The van der Waals surface area contributed by atoms with E-state index in [2.05, 4.69) is 30.8 Å². The lowest BCUT2D eigenvalue weighted by Gasteiger charge is -2.17. The maximum atomic E-state index is 12.6. The van der Waals surface area contributed by atoms with Crippen LogP contribution in [0.4, 0.5) is 0 Å². The Bertz CT molecular complexity index is 578. The van der Waals surface area contributed by atoms with E-state index in [0.717, 1.165) is 35.6 Å². The van der Waals surface area contributed by atoms with E-state index in [9.17, 15) is 8.42 Å². The third-order valence-corrected chi connectivity index (χ3v) is 6.86. The fraction of sp³-hybridized carbons (Fsp3) is 0.733. The fourth-order valence-electron chi connectivity index (χ4n) is 2.77. The molecule has 4 nitrogen and oxygen atoms in total. The van der Waals surface area contributed by atoms with Gasteiger partial charge in [0, 0.05) is 28.4 Å². The van der Waals surface area contributed by atoms with Crippen LogP contribution in [0, 0.1) is 12.8 Å². The third-order valence-electron chi connectivity index (χ3n) is 4.07. The van der Waals surface area contributed by atoms with Gasteiger partial charge in [-0.25, -0.2) is 13.1 Å². The van der Waals surface area contributed by atoms with Crippen LogP contribution < -0.4 is 10.0 Å². The zero-order chi connectivity index (χ0) is 15.6. The van der Waals surface area contributed by atoms with Crippen molar-refractivity contribution in [2.45, 2.75) is 70.5 Å². The Morgan fingerprint density at radius 2 is 2.10 bits per heavy atom. The zero-order valence-electron chi connectivity index (χ0n) is 13.3. The maximum Gasteiger partial charge on any atom is 0.241 e. The van der Waals surface area contributed by atoms with Crippen molar-refractivity contribution < 1.29 is 8.42 Å². The van der Waals surface area contributed by atoms with Gasteiger partial charge in [0.2, 0.25) is 10.0 Å². The second kappa shape index (κ2) is 6.77. The number of aryl methyl sites for hydroxylation is 1. The van der Waals surface area contributed by atoms with E-state index in [1.165, 1.54) is 0 Å². The predicted octanol–water partition coefficient (Wildman–Crippen LogP) is 3.02. The molecular weight excluding hydrogens is 304 g/mol. The second-order valence-electron chi connectivity index (χ2n) is 6.30. The lowest BCUT2D eigenvalue weighted by atomic mass is 10.1. The van der Waals surface area contributed by atoms with Crippen molar-refractivity contribution in [2.75, 3.05) is 0 Å². The van der Waals surface area contributed by atoms with Gasteiger partial charge in [0.15, 0.2) is 0 Å². The second-order valence-corrected chi connectivity index (χ2v) is 9.33. The van der Waals surface area contributed by atoms with Gasteiger partial charge in [-0.15, -0.1) is 11.3 Å². The van der Waals surface area contributed by atoms with Crippen LogP contribution in [0.1, 0.15) is 49.8 Å². The molecule has 2 unspecified atom stereocenters. The summed E-state index contributed by atoms with van der Waals surface area (Å²) in [4.78, 5) is 2.39. The van der Waals surface area contributed by atoms with Crippen molar-refractivity contribution in [1.29, 1.82) is 0 Å². The molecule has 0 radical (unpaired) electrons. The molecule has 2 rings (SSSR count). The van der Waals surface area contributed by atoms with Crippen molar-refractivity contribution in [3.8, 4) is 0 Å². The molecule has 1 heterocycles. The van der Waals surface area contributed by atoms with E-state index in [1.54, 1.807) is 11.3 Å². The van der Waals surface area contributed by atoms with Crippen molar-refractivity contribution >= 4 is 21.4 Å². The van der Waals surface area contributed by atoms with Gasteiger partial charge in [0.1, 0.15) is 0 Å². The van der Waals surface area contributed by atoms with E-state index in [1.807, 2.05) is 13.0 Å². The van der Waals surface area contributed by atoms with Crippen LogP contribution in [0.5, 0.6) is 0 Å². The van der Waals surface area contributed by atoms with Crippen LogP contribution in [-0.4, -0.2) is 20.5 Å². The fourth-order valence-corrected chi connectivity index (χ4v) is 5.73. The molecular formula is C15H26N2O2S2. The Balaban J connectivity index is 2.12. The third kappa shape index (κ3) is 4.28. The Hall–Kier alpha value is -0.430. The molecule has 0 amide bonds. The molecule has 0 aliphatic heterocycles. The van der Waals surface area contributed by atoms with E-state index in [0.29, 0.717) is 16.9 Å². The number of sulfonamides is 1. The highest BCUT2D eigenvalue weighted by Gasteiger charge is 2.29. The van der Waals surface area contributed by atoms with Gasteiger partial charge in [0.25, 0.3) is 0 Å². The molecule has 1 aliphatic carbocycles. The van der Waals surface area contributed by atoms with Gasteiger partial charge in [-0.2, -0.15) is 0 Å². The molecule has 0 spiro atoms. The summed E-state index contributed by atoms with van der Waals surface area (Å²) in [6.07, 6.45) is 3.17. The van der Waals surface area contributed by atoms with Crippen molar-refractivity contribution in [2.24, 2.45) is 5.92 Å². The zero-order valence-corrected chi connectivity index (χ0v) is 14.9. The first-order valence-electron chi connectivity index (χ1n) is 7.64. The molecule has 0 saturated heterocycles. The van der Waals surface area contributed by atoms with Gasteiger partial charge >= 0.3 is 0 Å². The van der Waals surface area contributed by atoms with Gasteiger partial charge in [-0.3, -0.25) is 0 Å². The number of hydrogen-bond acceptors (Lipinski definition) is 4. The van der Waals surface area contributed by atoms with E-state index >= 15 is 0 Å². The Kier molecular flexibility index (Phi) is 5.46. The minimum Gasteiger partial charge on any atom is -0.310 e. The van der Waals surface area contributed by atoms with Gasteiger partial charge < -0.3 is 5.32 Å². The van der Waals surface area contributed by atoms with E-state index in [-0.39, 0.29) is 6.04 Å². The number of thiophene rings is 1. The number of nitrogens with one attached hydrogen (secondary N) is 2. The molecule has 0 bridgehead atoms. The summed E-state index contributed by atoms with van der Waals surface area (Å²) >= 11 is 1.56. The molecule has 6 heteroatoms. The minimum atomic E-state index is -3.39. The Morgan fingerprint density at radius 3 is 2.67 bits per heavy atom. The summed E-state index contributed by atoms with van der Waals surface area (Å²) in [6, 6.07) is 2.30. The van der Waals surface area contributed by atoms with Gasteiger partial charge in [-0.1, -0.05) is 27.2 Å². The number of rotatable bonds is 6. The summed E-state index contributed by atoms with van der Waals surface area (Å²) in [7, 11) is -3.39. The van der Waals surface area contributed by atoms with Crippen LogP contribution in [0.2, 0.25) is 0 Å². The molecule has 1 aromatic rings. The smallest absolute Gasteiger partial charge is 0.241 e. The van der Waals surface area contributed by atoms with Crippen LogP contribution >= 0.6 is 11.3 Å². The first-order valence-corrected chi connectivity index (χ1v) is 9.94. The summed E-state index contributed by atoms with van der Waals surface area (Å²) in [6.45, 7) is 8.90. The van der Waals surface area contributed by atoms with Crippen molar-refractivity contribution in [3.63, 3.8) is 0 Å². The monoisotopic (exact) mass is 330 g/mol. The molecule has 2 atom stereocenters. The van der Waals surface area contributed by atoms with Crippen molar-refractivity contribution in [3.05, 3.63) is 15.8 Å². The molecule has 21 heavy (non-hydrogen) atoms. The summed E-state index contributed by atoms with van der Waals surface area (Å²) in [5, 5.41) is 3.33. The highest BCUT2D eigenvalue weighted by molar-refractivity contribution is 7.89. The molecule has 1 fully saturated rings. The SMILES string of the molecule is Cc1sc(CNC(C)C)cc1S(=O)(=O)NC1CCCC1C. The van der Waals surface area contributed by atoms with Crippen LogP contribution in [0.15, 0.2) is 11.0 Å². The van der Waals surface area contributed by atoms with Gasteiger partial charge in [-0.05, 0) is 31.7 Å². The molecule has 120 valence electrons. The topological polar surface area (TPSA) is 58.2 Å². The average Bonchev–Trinajstić information content (AvgIpc) is 2.94. The summed E-state index contributed by atoms with van der Waals surface area (Å²) in [5.74, 6) is 0.431. The largest absolute Gasteiger partial charge is 0.310 e. The average molecular weight is 331 g/mol. The van der Waals surface area contributed by atoms with Crippen LogP contribution in [0.25, 0.3) is 0 Å². The lowest BCUT2D eigenvalue weighted by Crippen LogP contribution is -2.36. The normalized spacial score (nSPS) is 23.1. The van der Waals surface area contributed by atoms with E-state index < -0.39 is 10.0 Å². The first kappa shape index (κ1) is 16.9. The molecule has 1 aliphatic rings. The van der Waals surface area contributed by atoms with Gasteiger partial charge in [0.05, 0.1) is 4.90 Å². The Morgan fingerprint density at radius 1 is 1.38 bits per heavy atom. The highest BCUT2D eigenvalue weighted by atomic mass is 32.2. The number of hydrogen-bond donors (Lipinski definition) is 2. The molecule has 0 aromatic carbocycles.